The van der Waals surface area contributed by atoms with E-state index in [4.69, 9.17) is 0 Å². The molecule has 1 N–H and O–H groups in total. The minimum absolute atomic E-state index is 0.285. The van der Waals surface area contributed by atoms with Crippen molar-refractivity contribution in [1.29, 1.82) is 0 Å². The summed E-state index contributed by atoms with van der Waals surface area (Å²) in [6, 6.07) is 14.6. The first-order valence-corrected chi connectivity index (χ1v) is 6.39. The number of carbonyl (C=O) groups is 1. The second kappa shape index (κ2) is 5.58. The van der Waals surface area contributed by atoms with Crippen LogP contribution in [-0.2, 0) is 0 Å². The van der Waals surface area contributed by atoms with Gasteiger partial charge in [-0.15, -0.1) is 0 Å². The molecular weight excluding hydrogens is 269 g/mol. The number of halogens is 1. The monoisotopic (exact) mass is 281 g/mol. The maximum Gasteiger partial charge on any atom is 0.255 e. The lowest BCUT2D eigenvalue weighted by atomic mass is 10.2. The summed E-state index contributed by atoms with van der Waals surface area (Å²) in [5, 5.41) is 6.91. The molecule has 0 atom stereocenters. The highest BCUT2D eigenvalue weighted by Crippen LogP contribution is 2.15. The molecule has 0 fully saturated rings. The molecule has 4 nitrogen and oxygen atoms in total. The molecular formula is C16H12FN3O. The number of hydrogen-bond donors (Lipinski definition) is 1. The fraction of sp³-hybridized carbons (Fsp3) is 0. The van der Waals surface area contributed by atoms with Gasteiger partial charge >= 0.3 is 0 Å². The lowest BCUT2D eigenvalue weighted by molar-refractivity contribution is 0.102. The molecule has 1 aromatic heterocycles. The Kier molecular flexibility index (Phi) is 3.47. The zero-order chi connectivity index (χ0) is 14.7. The predicted molar refractivity (Wildman–Crippen MR) is 77.9 cm³/mol. The average molecular weight is 281 g/mol. The van der Waals surface area contributed by atoms with Crippen molar-refractivity contribution >= 4 is 11.6 Å². The standard InChI is InChI=1S/C16H12FN3O/c17-13-7-5-12(6-8-13)16(21)19-14-3-1-4-15(11-14)20-10-2-9-18-20/h1-11H,(H,19,21). The van der Waals surface area contributed by atoms with E-state index in [1.54, 1.807) is 16.9 Å². The van der Waals surface area contributed by atoms with Gasteiger partial charge in [0.25, 0.3) is 5.91 Å². The summed E-state index contributed by atoms with van der Waals surface area (Å²) in [6.45, 7) is 0. The Labute approximate surface area is 120 Å². The lowest BCUT2D eigenvalue weighted by Crippen LogP contribution is -2.12. The van der Waals surface area contributed by atoms with Gasteiger partial charge in [-0.25, -0.2) is 9.07 Å². The van der Waals surface area contributed by atoms with Crippen molar-refractivity contribution in [3.63, 3.8) is 0 Å². The van der Waals surface area contributed by atoms with E-state index in [-0.39, 0.29) is 11.7 Å². The van der Waals surface area contributed by atoms with Crippen LogP contribution >= 0.6 is 0 Å². The van der Waals surface area contributed by atoms with Gasteiger partial charge in [0.1, 0.15) is 5.82 Å². The van der Waals surface area contributed by atoms with Crippen LogP contribution in [0.25, 0.3) is 5.69 Å². The first-order chi connectivity index (χ1) is 10.2. The Balaban J connectivity index is 1.80. The van der Waals surface area contributed by atoms with Crippen LogP contribution in [0.4, 0.5) is 10.1 Å². The van der Waals surface area contributed by atoms with Crippen LogP contribution in [-0.4, -0.2) is 15.7 Å². The number of anilines is 1. The van der Waals surface area contributed by atoms with Gasteiger partial charge in [0.2, 0.25) is 0 Å². The van der Waals surface area contributed by atoms with Gasteiger partial charge in [-0.05, 0) is 48.5 Å². The Hall–Kier alpha value is -2.95. The third-order valence-corrected chi connectivity index (χ3v) is 2.98. The van der Waals surface area contributed by atoms with Gasteiger partial charge in [-0.2, -0.15) is 5.10 Å². The number of hydrogen-bond acceptors (Lipinski definition) is 2. The van der Waals surface area contributed by atoms with Crippen LogP contribution in [0.3, 0.4) is 0 Å². The largest absolute Gasteiger partial charge is 0.322 e. The third kappa shape index (κ3) is 2.97. The molecule has 0 spiro atoms. The maximum atomic E-state index is 12.8. The van der Waals surface area contributed by atoms with E-state index >= 15 is 0 Å². The van der Waals surface area contributed by atoms with Crippen molar-refractivity contribution in [2.45, 2.75) is 0 Å². The normalized spacial score (nSPS) is 10.3. The van der Waals surface area contributed by atoms with E-state index in [0.717, 1.165) is 5.69 Å². The second-order valence-corrected chi connectivity index (χ2v) is 4.46. The number of amides is 1. The number of nitrogens with one attached hydrogen (secondary N) is 1. The van der Waals surface area contributed by atoms with Crippen molar-refractivity contribution in [3.05, 3.63) is 78.4 Å². The Morgan fingerprint density at radius 3 is 2.62 bits per heavy atom. The highest BCUT2D eigenvalue weighted by atomic mass is 19.1. The van der Waals surface area contributed by atoms with E-state index < -0.39 is 0 Å². The number of rotatable bonds is 3. The predicted octanol–water partition coefficient (Wildman–Crippen LogP) is 3.26. The second-order valence-electron chi connectivity index (χ2n) is 4.46. The van der Waals surface area contributed by atoms with Crippen molar-refractivity contribution in [2.24, 2.45) is 0 Å². The molecule has 1 heterocycles. The number of carbonyl (C=O) groups excluding carboxylic acids is 1. The summed E-state index contributed by atoms with van der Waals surface area (Å²) in [7, 11) is 0. The van der Waals surface area contributed by atoms with E-state index in [2.05, 4.69) is 10.4 Å². The summed E-state index contributed by atoms with van der Waals surface area (Å²) in [5.74, 6) is -0.653. The van der Waals surface area contributed by atoms with Gasteiger partial charge in [0, 0.05) is 23.6 Å². The molecule has 3 rings (SSSR count). The quantitative estimate of drug-likeness (QED) is 0.801. The minimum atomic E-state index is -0.368. The minimum Gasteiger partial charge on any atom is -0.322 e. The number of nitrogens with zero attached hydrogens (tertiary/aromatic N) is 2. The Bertz CT molecular complexity index is 751. The number of aromatic nitrogens is 2. The zero-order valence-corrected chi connectivity index (χ0v) is 11.0. The van der Waals surface area contributed by atoms with Gasteiger partial charge < -0.3 is 5.32 Å². The van der Waals surface area contributed by atoms with Crippen LogP contribution in [0.15, 0.2) is 67.0 Å². The maximum absolute atomic E-state index is 12.8. The SMILES string of the molecule is O=C(Nc1cccc(-n2cccn2)c1)c1ccc(F)cc1. The molecule has 21 heavy (non-hydrogen) atoms. The lowest BCUT2D eigenvalue weighted by Gasteiger charge is -2.07. The van der Waals surface area contributed by atoms with Crippen molar-refractivity contribution in [1.82, 2.24) is 9.78 Å². The van der Waals surface area contributed by atoms with Gasteiger partial charge in [-0.1, -0.05) is 6.07 Å². The summed E-state index contributed by atoms with van der Waals surface area (Å²) < 4.78 is 14.5. The molecule has 0 aliphatic rings. The molecule has 3 aromatic rings. The Morgan fingerprint density at radius 1 is 1.10 bits per heavy atom. The average Bonchev–Trinajstić information content (AvgIpc) is 3.02. The van der Waals surface area contributed by atoms with Gasteiger partial charge in [-0.3, -0.25) is 4.79 Å². The molecule has 0 unspecified atom stereocenters. The first kappa shape index (κ1) is 13.1. The topological polar surface area (TPSA) is 46.9 Å². The molecule has 0 bridgehead atoms. The van der Waals surface area contributed by atoms with Crippen molar-refractivity contribution in [3.8, 4) is 5.69 Å². The molecule has 5 heteroatoms. The van der Waals surface area contributed by atoms with Crippen LogP contribution in [0.1, 0.15) is 10.4 Å². The summed E-state index contributed by atoms with van der Waals surface area (Å²) in [4.78, 5) is 12.1. The first-order valence-electron chi connectivity index (χ1n) is 6.39. The van der Waals surface area contributed by atoms with Crippen LogP contribution in [0.5, 0.6) is 0 Å². The number of benzene rings is 2. The molecule has 0 radical (unpaired) electrons. The fourth-order valence-corrected chi connectivity index (χ4v) is 1.95. The van der Waals surface area contributed by atoms with Gasteiger partial charge in [0.15, 0.2) is 0 Å². The highest BCUT2D eigenvalue weighted by molar-refractivity contribution is 6.04. The summed E-state index contributed by atoms with van der Waals surface area (Å²) >= 11 is 0. The van der Waals surface area contributed by atoms with Crippen LogP contribution < -0.4 is 5.32 Å². The summed E-state index contributed by atoms with van der Waals surface area (Å²) in [5.41, 5.74) is 1.90. The molecule has 0 saturated heterocycles. The van der Waals surface area contributed by atoms with Crippen LogP contribution in [0, 0.1) is 5.82 Å². The fourth-order valence-electron chi connectivity index (χ4n) is 1.95. The smallest absolute Gasteiger partial charge is 0.255 e. The van der Waals surface area contributed by atoms with E-state index in [1.807, 2.05) is 30.5 Å². The molecule has 0 aliphatic carbocycles. The molecule has 1 amide bonds. The Morgan fingerprint density at radius 2 is 1.90 bits per heavy atom. The van der Waals surface area contributed by atoms with Gasteiger partial charge in [0.05, 0.1) is 5.69 Å². The molecule has 104 valence electrons. The zero-order valence-electron chi connectivity index (χ0n) is 11.0. The van der Waals surface area contributed by atoms with E-state index in [9.17, 15) is 9.18 Å². The molecule has 0 saturated carbocycles. The molecule has 2 aromatic carbocycles. The van der Waals surface area contributed by atoms with Crippen molar-refractivity contribution < 1.29 is 9.18 Å². The van der Waals surface area contributed by atoms with E-state index in [0.29, 0.717) is 11.3 Å². The van der Waals surface area contributed by atoms with Crippen molar-refractivity contribution in [2.75, 3.05) is 5.32 Å². The molecule has 0 aliphatic heterocycles. The highest BCUT2D eigenvalue weighted by Gasteiger charge is 2.07. The van der Waals surface area contributed by atoms with E-state index in [1.165, 1.54) is 24.3 Å². The summed E-state index contributed by atoms with van der Waals surface area (Å²) in [6.07, 6.45) is 3.50. The third-order valence-electron chi connectivity index (χ3n) is 2.98. The van der Waals surface area contributed by atoms with Crippen LogP contribution in [0.2, 0.25) is 0 Å².